The number of para-hydroxylation sites is 3. The van der Waals surface area contributed by atoms with Crippen molar-refractivity contribution in [3.05, 3.63) is 54.6 Å². The van der Waals surface area contributed by atoms with Gasteiger partial charge in [0.2, 0.25) is 5.95 Å². The predicted octanol–water partition coefficient (Wildman–Crippen LogP) is 3.11. The number of H-pyrrole nitrogens is 1. The van der Waals surface area contributed by atoms with Crippen LogP contribution in [0.15, 0.2) is 54.6 Å². The number of rotatable bonds is 5. The minimum Gasteiger partial charge on any atom is -0.373 e. The lowest BCUT2D eigenvalue weighted by Crippen LogP contribution is -2.24. The molecule has 0 atom stereocenters. The molecule has 0 radical (unpaired) electrons. The average Bonchev–Trinajstić information content (AvgIpc) is 2.90. The quantitative estimate of drug-likeness (QED) is 0.745. The van der Waals surface area contributed by atoms with Crippen LogP contribution in [0.1, 0.15) is 0 Å². The fourth-order valence-electron chi connectivity index (χ4n) is 2.19. The van der Waals surface area contributed by atoms with Gasteiger partial charge >= 0.3 is 0 Å². The molecule has 0 amide bonds. The molecule has 2 N–H and O–H groups in total. The summed E-state index contributed by atoms with van der Waals surface area (Å²) >= 11 is 0. The molecule has 2 aromatic carbocycles. The van der Waals surface area contributed by atoms with Crippen molar-refractivity contribution >= 4 is 22.7 Å². The zero-order valence-corrected chi connectivity index (χ0v) is 11.5. The van der Waals surface area contributed by atoms with Crippen molar-refractivity contribution in [3.8, 4) is 0 Å². The van der Waals surface area contributed by atoms with Crippen molar-refractivity contribution in [1.29, 1.82) is 0 Å². The van der Waals surface area contributed by atoms with Crippen LogP contribution in [0.4, 0.5) is 11.6 Å². The van der Waals surface area contributed by atoms with Crippen LogP contribution in [-0.2, 0) is 0 Å². The van der Waals surface area contributed by atoms with Gasteiger partial charge in [-0.25, -0.2) is 4.98 Å². The Bertz CT molecular complexity index is 642. The van der Waals surface area contributed by atoms with Crippen LogP contribution in [0.3, 0.4) is 0 Å². The molecule has 0 bridgehead atoms. The lowest BCUT2D eigenvalue weighted by Gasteiger charge is -2.19. The molecule has 1 heterocycles. The van der Waals surface area contributed by atoms with E-state index in [0.29, 0.717) is 0 Å². The largest absolute Gasteiger partial charge is 0.373 e. The molecule has 0 unspecified atom stereocenters. The van der Waals surface area contributed by atoms with Crippen molar-refractivity contribution in [1.82, 2.24) is 9.97 Å². The van der Waals surface area contributed by atoms with Crippen molar-refractivity contribution in [3.63, 3.8) is 0 Å². The van der Waals surface area contributed by atoms with E-state index in [1.54, 1.807) is 0 Å². The smallest absolute Gasteiger partial charge is 0.201 e. The van der Waals surface area contributed by atoms with Gasteiger partial charge < -0.3 is 15.2 Å². The van der Waals surface area contributed by atoms with Gasteiger partial charge in [-0.3, -0.25) is 0 Å². The van der Waals surface area contributed by atoms with Gasteiger partial charge in [0.25, 0.3) is 0 Å². The van der Waals surface area contributed by atoms with Gasteiger partial charge in [-0.1, -0.05) is 30.3 Å². The second kappa shape index (κ2) is 5.65. The zero-order valence-electron chi connectivity index (χ0n) is 11.5. The summed E-state index contributed by atoms with van der Waals surface area (Å²) in [4.78, 5) is 9.98. The van der Waals surface area contributed by atoms with E-state index < -0.39 is 0 Å². The van der Waals surface area contributed by atoms with E-state index >= 15 is 0 Å². The Morgan fingerprint density at radius 2 is 1.80 bits per heavy atom. The number of hydrogen-bond acceptors (Lipinski definition) is 3. The van der Waals surface area contributed by atoms with Crippen LogP contribution in [-0.4, -0.2) is 30.1 Å². The maximum atomic E-state index is 4.50. The van der Waals surface area contributed by atoms with E-state index in [1.165, 1.54) is 5.69 Å². The Balaban J connectivity index is 1.57. The highest BCUT2D eigenvalue weighted by atomic mass is 15.2. The summed E-state index contributed by atoms with van der Waals surface area (Å²) < 4.78 is 0. The second-order valence-electron chi connectivity index (χ2n) is 4.79. The van der Waals surface area contributed by atoms with Gasteiger partial charge in [0, 0.05) is 25.8 Å². The normalized spacial score (nSPS) is 10.7. The molecule has 3 rings (SSSR count). The number of aromatic nitrogens is 2. The van der Waals surface area contributed by atoms with Crippen molar-refractivity contribution in [2.75, 3.05) is 30.4 Å². The molecular weight excluding hydrogens is 248 g/mol. The summed E-state index contributed by atoms with van der Waals surface area (Å²) in [5.41, 5.74) is 3.27. The molecule has 4 heteroatoms. The van der Waals surface area contributed by atoms with Gasteiger partial charge in [0.05, 0.1) is 11.0 Å². The van der Waals surface area contributed by atoms with Crippen LogP contribution in [0.2, 0.25) is 0 Å². The van der Waals surface area contributed by atoms with Crippen LogP contribution in [0.5, 0.6) is 0 Å². The molecule has 4 nitrogen and oxygen atoms in total. The van der Waals surface area contributed by atoms with E-state index in [2.05, 4.69) is 51.5 Å². The third-order valence-electron chi connectivity index (χ3n) is 3.33. The highest BCUT2D eigenvalue weighted by Gasteiger charge is 2.02. The first-order valence-corrected chi connectivity index (χ1v) is 6.78. The maximum Gasteiger partial charge on any atom is 0.201 e. The molecule has 1 aromatic heterocycles. The summed E-state index contributed by atoms with van der Waals surface area (Å²) in [6, 6.07) is 18.4. The molecule has 0 spiro atoms. The molecule has 102 valence electrons. The van der Waals surface area contributed by atoms with Gasteiger partial charge in [-0.15, -0.1) is 0 Å². The highest BCUT2D eigenvalue weighted by molar-refractivity contribution is 5.77. The van der Waals surface area contributed by atoms with E-state index in [4.69, 9.17) is 0 Å². The number of hydrogen-bond donors (Lipinski definition) is 2. The molecule has 0 aliphatic rings. The Labute approximate surface area is 118 Å². The third-order valence-corrected chi connectivity index (χ3v) is 3.33. The first kappa shape index (κ1) is 12.5. The number of imidazole rings is 1. The molecule has 0 saturated heterocycles. The van der Waals surface area contributed by atoms with Crippen LogP contribution < -0.4 is 10.2 Å². The Kier molecular flexibility index (Phi) is 3.54. The Morgan fingerprint density at radius 3 is 2.60 bits per heavy atom. The van der Waals surface area contributed by atoms with Crippen LogP contribution in [0.25, 0.3) is 11.0 Å². The lowest BCUT2D eigenvalue weighted by atomic mass is 10.3. The number of nitrogens with zero attached hydrogens (tertiary/aromatic N) is 2. The molecule has 0 aliphatic heterocycles. The van der Waals surface area contributed by atoms with E-state index in [9.17, 15) is 0 Å². The topological polar surface area (TPSA) is 44.0 Å². The minimum absolute atomic E-state index is 0.827. The van der Waals surface area contributed by atoms with Gasteiger partial charge in [-0.2, -0.15) is 0 Å². The van der Waals surface area contributed by atoms with Crippen molar-refractivity contribution in [2.24, 2.45) is 0 Å². The fourth-order valence-corrected chi connectivity index (χ4v) is 2.19. The van der Waals surface area contributed by atoms with E-state index in [1.807, 2.05) is 30.3 Å². The van der Waals surface area contributed by atoms with Gasteiger partial charge in [-0.05, 0) is 24.3 Å². The monoisotopic (exact) mass is 266 g/mol. The minimum atomic E-state index is 0.827. The van der Waals surface area contributed by atoms with Crippen molar-refractivity contribution in [2.45, 2.75) is 0 Å². The number of fused-ring (bicyclic) bond motifs is 1. The molecular formula is C16H18N4. The fraction of sp³-hybridized carbons (Fsp3) is 0.188. The van der Waals surface area contributed by atoms with E-state index in [-0.39, 0.29) is 0 Å². The molecule has 0 aliphatic carbocycles. The molecule has 0 saturated carbocycles. The number of benzene rings is 2. The summed E-state index contributed by atoms with van der Waals surface area (Å²) in [5, 5.41) is 3.33. The summed E-state index contributed by atoms with van der Waals surface area (Å²) in [5.74, 6) is 0.827. The number of nitrogens with one attached hydrogen (secondary N) is 2. The lowest BCUT2D eigenvalue weighted by molar-refractivity contribution is 0.907. The van der Waals surface area contributed by atoms with Crippen molar-refractivity contribution < 1.29 is 0 Å². The number of likely N-dealkylation sites (N-methyl/N-ethyl adjacent to an activating group) is 1. The molecule has 0 fully saturated rings. The molecule has 3 aromatic rings. The standard InChI is InChI=1S/C16H18N4/c1-20(13-7-3-2-4-8-13)12-11-17-16-18-14-9-5-6-10-15(14)19-16/h2-10H,11-12H2,1H3,(H2,17,18,19). The van der Waals surface area contributed by atoms with E-state index in [0.717, 1.165) is 30.1 Å². The SMILES string of the molecule is CN(CCNc1nc2ccccc2[nH]1)c1ccccc1. The Hall–Kier alpha value is -2.49. The second-order valence-corrected chi connectivity index (χ2v) is 4.79. The first-order chi connectivity index (χ1) is 9.83. The first-order valence-electron chi connectivity index (χ1n) is 6.78. The molecule has 20 heavy (non-hydrogen) atoms. The Morgan fingerprint density at radius 1 is 1.05 bits per heavy atom. The van der Waals surface area contributed by atoms with Gasteiger partial charge in [0.15, 0.2) is 0 Å². The predicted molar refractivity (Wildman–Crippen MR) is 84.3 cm³/mol. The van der Waals surface area contributed by atoms with Crippen LogP contribution >= 0.6 is 0 Å². The number of anilines is 2. The average molecular weight is 266 g/mol. The zero-order chi connectivity index (χ0) is 13.8. The van der Waals surface area contributed by atoms with Crippen LogP contribution in [0, 0.1) is 0 Å². The third kappa shape index (κ3) is 2.74. The summed E-state index contributed by atoms with van der Waals surface area (Å²) in [7, 11) is 2.09. The summed E-state index contributed by atoms with van der Waals surface area (Å²) in [6.07, 6.45) is 0. The van der Waals surface area contributed by atoms with Gasteiger partial charge in [0.1, 0.15) is 0 Å². The highest BCUT2D eigenvalue weighted by Crippen LogP contribution is 2.13. The summed E-state index contributed by atoms with van der Waals surface area (Å²) in [6.45, 7) is 1.76. The number of aromatic amines is 1. The maximum absolute atomic E-state index is 4.50.